The highest BCUT2D eigenvalue weighted by Crippen LogP contribution is 2.38. The summed E-state index contributed by atoms with van der Waals surface area (Å²) in [7, 11) is -3.66. The molecular formula is C27H36N4O6S2. The third kappa shape index (κ3) is 6.34. The Morgan fingerprint density at radius 1 is 1.05 bits per heavy atom. The van der Waals surface area contributed by atoms with Crippen LogP contribution in [0.4, 0.5) is 5.00 Å². The summed E-state index contributed by atoms with van der Waals surface area (Å²) in [6.45, 7) is 8.93. The van der Waals surface area contributed by atoms with Crippen LogP contribution in [0.1, 0.15) is 64.8 Å². The van der Waals surface area contributed by atoms with E-state index in [2.05, 4.69) is 5.32 Å². The molecule has 12 heteroatoms. The standard InChI is InChI=1S/C27H36N4O6S2/c1-4-6-12-31(5-2)39(35,36)21-9-7-20(8-10-21)25(33)28-26-24(27(34)29-14-16-37-17-15-29)22-11-13-30(19(3)32)18-23(22)38-26/h7-10H,4-6,11-18H2,1-3H3,(H,28,33). The number of morpholine rings is 1. The summed E-state index contributed by atoms with van der Waals surface area (Å²) in [5, 5.41) is 3.35. The lowest BCUT2D eigenvalue weighted by molar-refractivity contribution is -0.129. The summed E-state index contributed by atoms with van der Waals surface area (Å²) in [6.07, 6.45) is 2.19. The van der Waals surface area contributed by atoms with Crippen LogP contribution in [0.25, 0.3) is 0 Å². The molecule has 3 amide bonds. The first-order chi connectivity index (χ1) is 18.7. The summed E-state index contributed by atoms with van der Waals surface area (Å²) < 4.78 is 32.9. The molecule has 1 aromatic carbocycles. The number of amides is 3. The Morgan fingerprint density at radius 2 is 1.74 bits per heavy atom. The average Bonchev–Trinajstić information content (AvgIpc) is 3.30. The highest BCUT2D eigenvalue weighted by molar-refractivity contribution is 7.89. The van der Waals surface area contributed by atoms with Crippen molar-refractivity contribution in [3.05, 3.63) is 45.8 Å². The van der Waals surface area contributed by atoms with Gasteiger partial charge >= 0.3 is 0 Å². The van der Waals surface area contributed by atoms with E-state index in [0.717, 1.165) is 23.3 Å². The van der Waals surface area contributed by atoms with Crippen LogP contribution in [-0.2, 0) is 32.5 Å². The van der Waals surface area contributed by atoms with Crippen molar-refractivity contribution in [3.63, 3.8) is 0 Å². The maximum atomic E-state index is 13.6. The summed E-state index contributed by atoms with van der Waals surface area (Å²) in [5.41, 5.74) is 1.63. The van der Waals surface area contributed by atoms with Gasteiger partial charge in [-0.1, -0.05) is 20.3 Å². The number of thiophene rings is 1. The molecule has 0 radical (unpaired) electrons. The van der Waals surface area contributed by atoms with Gasteiger partial charge in [0.25, 0.3) is 11.8 Å². The number of rotatable bonds is 9. The van der Waals surface area contributed by atoms with E-state index in [-0.39, 0.29) is 22.3 Å². The summed E-state index contributed by atoms with van der Waals surface area (Å²) in [5.74, 6) is -0.627. The number of hydrogen-bond acceptors (Lipinski definition) is 7. The molecule has 1 N–H and O–H groups in total. The van der Waals surface area contributed by atoms with Gasteiger partial charge in [-0.15, -0.1) is 11.3 Å². The van der Waals surface area contributed by atoms with Crippen LogP contribution in [0.15, 0.2) is 29.2 Å². The third-order valence-electron chi connectivity index (χ3n) is 7.11. The molecule has 0 unspecified atom stereocenters. The molecule has 3 heterocycles. The predicted octanol–water partition coefficient (Wildman–Crippen LogP) is 3.19. The Bertz CT molecular complexity index is 1320. The maximum absolute atomic E-state index is 13.6. The fourth-order valence-electron chi connectivity index (χ4n) is 4.80. The second kappa shape index (κ2) is 12.6. The Hall–Kier alpha value is -2.80. The SMILES string of the molecule is CCCCN(CC)S(=O)(=O)c1ccc(C(=O)Nc2sc3c(c2C(=O)N2CCOCC2)CCN(C(C)=O)C3)cc1. The van der Waals surface area contributed by atoms with Gasteiger partial charge in [0, 0.05) is 50.1 Å². The van der Waals surface area contributed by atoms with Gasteiger partial charge in [-0.25, -0.2) is 8.42 Å². The van der Waals surface area contributed by atoms with Crippen molar-refractivity contribution in [1.29, 1.82) is 0 Å². The van der Waals surface area contributed by atoms with Crippen LogP contribution < -0.4 is 5.32 Å². The highest BCUT2D eigenvalue weighted by Gasteiger charge is 2.32. The van der Waals surface area contributed by atoms with Crippen molar-refractivity contribution in [2.45, 2.75) is 51.5 Å². The van der Waals surface area contributed by atoms with Gasteiger partial charge in [0.2, 0.25) is 15.9 Å². The highest BCUT2D eigenvalue weighted by atomic mass is 32.2. The average molecular weight is 577 g/mol. The molecule has 1 saturated heterocycles. The number of fused-ring (bicyclic) bond motifs is 1. The first kappa shape index (κ1) is 29.2. The number of hydrogen-bond donors (Lipinski definition) is 1. The Morgan fingerprint density at radius 3 is 2.36 bits per heavy atom. The minimum absolute atomic E-state index is 0.0351. The van der Waals surface area contributed by atoms with Gasteiger partial charge in [-0.05, 0) is 42.7 Å². The lowest BCUT2D eigenvalue weighted by Gasteiger charge is -2.29. The molecule has 2 aliphatic heterocycles. The normalized spacial score (nSPS) is 15.8. The molecule has 212 valence electrons. The van der Waals surface area contributed by atoms with Gasteiger partial charge in [0.1, 0.15) is 5.00 Å². The molecule has 0 saturated carbocycles. The molecule has 0 bridgehead atoms. The van der Waals surface area contributed by atoms with Crippen molar-refractivity contribution < 1.29 is 27.5 Å². The molecule has 4 rings (SSSR count). The van der Waals surface area contributed by atoms with E-state index in [1.54, 1.807) is 16.7 Å². The van der Waals surface area contributed by atoms with E-state index < -0.39 is 15.9 Å². The van der Waals surface area contributed by atoms with Crippen LogP contribution in [0.3, 0.4) is 0 Å². The molecule has 2 aromatic rings. The molecule has 39 heavy (non-hydrogen) atoms. The number of nitrogens with one attached hydrogen (secondary N) is 1. The zero-order valence-electron chi connectivity index (χ0n) is 22.7. The number of nitrogens with zero attached hydrogens (tertiary/aromatic N) is 3. The lowest BCUT2D eigenvalue weighted by atomic mass is 10.0. The Kier molecular flexibility index (Phi) is 9.42. The number of unbranched alkanes of at least 4 members (excludes halogenated alkanes) is 1. The van der Waals surface area contributed by atoms with Crippen molar-refractivity contribution in [2.75, 3.05) is 51.3 Å². The molecule has 0 spiro atoms. The number of ether oxygens (including phenoxy) is 1. The van der Waals surface area contributed by atoms with Gasteiger partial charge in [0.05, 0.1) is 30.2 Å². The molecule has 1 fully saturated rings. The van der Waals surface area contributed by atoms with E-state index in [1.165, 1.54) is 46.8 Å². The van der Waals surface area contributed by atoms with Crippen LogP contribution in [0.2, 0.25) is 0 Å². The monoisotopic (exact) mass is 576 g/mol. The molecule has 1 aromatic heterocycles. The molecule has 0 aliphatic carbocycles. The number of anilines is 1. The van der Waals surface area contributed by atoms with E-state index in [9.17, 15) is 22.8 Å². The van der Waals surface area contributed by atoms with Crippen molar-refractivity contribution in [3.8, 4) is 0 Å². The molecule has 0 atom stereocenters. The lowest BCUT2D eigenvalue weighted by Crippen LogP contribution is -2.41. The Balaban J connectivity index is 1.59. The van der Waals surface area contributed by atoms with E-state index in [1.807, 2.05) is 6.92 Å². The number of benzene rings is 1. The van der Waals surface area contributed by atoms with E-state index in [4.69, 9.17) is 4.74 Å². The summed E-state index contributed by atoms with van der Waals surface area (Å²) in [4.78, 5) is 43.3. The van der Waals surface area contributed by atoms with Crippen molar-refractivity contribution in [1.82, 2.24) is 14.1 Å². The summed E-state index contributed by atoms with van der Waals surface area (Å²) in [6, 6.07) is 5.88. The van der Waals surface area contributed by atoms with Crippen molar-refractivity contribution in [2.24, 2.45) is 0 Å². The van der Waals surface area contributed by atoms with Crippen LogP contribution in [0, 0.1) is 0 Å². The van der Waals surface area contributed by atoms with Crippen LogP contribution >= 0.6 is 11.3 Å². The van der Waals surface area contributed by atoms with Gasteiger partial charge in [-0.3, -0.25) is 14.4 Å². The number of carbonyl (C=O) groups excluding carboxylic acids is 3. The fourth-order valence-corrected chi connectivity index (χ4v) is 7.53. The van der Waals surface area contributed by atoms with Gasteiger partial charge < -0.3 is 19.9 Å². The first-order valence-electron chi connectivity index (χ1n) is 13.4. The first-order valence-corrected chi connectivity index (χ1v) is 15.6. The second-order valence-electron chi connectivity index (χ2n) is 9.63. The molecule has 10 nitrogen and oxygen atoms in total. The zero-order chi connectivity index (χ0) is 28.2. The van der Waals surface area contributed by atoms with Crippen LogP contribution in [-0.4, -0.2) is 86.2 Å². The Labute approximate surface area is 234 Å². The number of carbonyl (C=O) groups is 3. The third-order valence-corrected chi connectivity index (χ3v) is 10.2. The molecular weight excluding hydrogens is 540 g/mol. The second-order valence-corrected chi connectivity index (χ2v) is 12.7. The van der Waals surface area contributed by atoms with E-state index >= 15 is 0 Å². The zero-order valence-corrected chi connectivity index (χ0v) is 24.3. The van der Waals surface area contributed by atoms with Crippen molar-refractivity contribution >= 4 is 44.1 Å². The van der Waals surface area contributed by atoms with Gasteiger partial charge in [0.15, 0.2) is 0 Å². The largest absolute Gasteiger partial charge is 0.378 e. The van der Waals surface area contributed by atoms with E-state index in [0.29, 0.717) is 69.5 Å². The predicted molar refractivity (Wildman–Crippen MR) is 150 cm³/mol. The number of sulfonamides is 1. The topological polar surface area (TPSA) is 116 Å². The molecule has 2 aliphatic rings. The minimum atomic E-state index is -3.66. The van der Waals surface area contributed by atoms with Crippen LogP contribution in [0.5, 0.6) is 0 Å². The summed E-state index contributed by atoms with van der Waals surface area (Å²) >= 11 is 1.31. The van der Waals surface area contributed by atoms with Gasteiger partial charge in [-0.2, -0.15) is 4.31 Å². The minimum Gasteiger partial charge on any atom is -0.378 e. The smallest absolute Gasteiger partial charge is 0.257 e. The fraction of sp³-hybridized carbons (Fsp3) is 0.519. The quantitative estimate of drug-likeness (QED) is 0.490. The maximum Gasteiger partial charge on any atom is 0.257 e.